The number of aryl methyl sites for hydroxylation is 1. The Labute approximate surface area is 111 Å². The number of aliphatic hydroxyl groups excluding tert-OH is 1. The molecule has 0 amide bonds. The van der Waals surface area contributed by atoms with Gasteiger partial charge in [-0.1, -0.05) is 24.3 Å². The highest BCUT2D eigenvalue weighted by molar-refractivity contribution is 5.85. The van der Waals surface area contributed by atoms with E-state index in [1.54, 1.807) is 18.6 Å². The van der Waals surface area contributed by atoms with Crippen LogP contribution in [0, 0.1) is 6.92 Å². The number of hydrogen-bond acceptors (Lipinski definition) is 3. The Bertz CT molecular complexity index is 702. The molecule has 3 nitrogen and oxygen atoms in total. The van der Waals surface area contributed by atoms with Crippen LogP contribution in [-0.4, -0.2) is 15.1 Å². The molecule has 0 fully saturated rings. The van der Waals surface area contributed by atoms with Crippen molar-refractivity contribution in [2.45, 2.75) is 13.0 Å². The monoisotopic (exact) mass is 250 g/mol. The van der Waals surface area contributed by atoms with Gasteiger partial charge in [-0.25, -0.2) is 0 Å². The molecule has 3 rings (SSSR count). The largest absolute Gasteiger partial charge is 0.384 e. The predicted octanol–water partition coefficient (Wildman–Crippen LogP) is 3.02. The number of fused-ring (bicyclic) bond motifs is 1. The average Bonchev–Trinajstić information content (AvgIpc) is 2.47. The molecule has 2 heterocycles. The van der Waals surface area contributed by atoms with Crippen LogP contribution in [0.25, 0.3) is 10.8 Å². The molecule has 0 saturated heterocycles. The lowest BCUT2D eigenvalue weighted by molar-refractivity contribution is 0.221. The van der Waals surface area contributed by atoms with Gasteiger partial charge in [-0.05, 0) is 30.0 Å². The van der Waals surface area contributed by atoms with Gasteiger partial charge >= 0.3 is 0 Å². The van der Waals surface area contributed by atoms with E-state index in [1.165, 1.54) is 0 Å². The fourth-order valence-electron chi connectivity index (χ4n) is 2.20. The van der Waals surface area contributed by atoms with Crippen molar-refractivity contribution in [2.24, 2.45) is 0 Å². The maximum absolute atomic E-state index is 10.5. The fraction of sp³-hybridized carbons (Fsp3) is 0.125. The minimum absolute atomic E-state index is 0.680. The Morgan fingerprint density at radius 3 is 2.74 bits per heavy atom. The van der Waals surface area contributed by atoms with Crippen LogP contribution in [0.5, 0.6) is 0 Å². The molecule has 94 valence electrons. The van der Waals surface area contributed by atoms with Crippen molar-refractivity contribution >= 4 is 10.8 Å². The molecule has 1 unspecified atom stereocenters. The highest BCUT2D eigenvalue weighted by Gasteiger charge is 2.13. The second-order valence-electron chi connectivity index (χ2n) is 4.58. The van der Waals surface area contributed by atoms with Crippen LogP contribution in [0.4, 0.5) is 0 Å². The molecule has 1 N–H and O–H groups in total. The molecule has 0 saturated carbocycles. The Morgan fingerprint density at radius 2 is 1.95 bits per heavy atom. The highest BCUT2D eigenvalue weighted by Crippen LogP contribution is 2.27. The molecule has 0 bridgehead atoms. The summed E-state index contributed by atoms with van der Waals surface area (Å²) in [5, 5.41) is 12.6. The van der Waals surface area contributed by atoms with E-state index in [-0.39, 0.29) is 0 Å². The normalized spacial score (nSPS) is 12.5. The first kappa shape index (κ1) is 11.8. The summed E-state index contributed by atoms with van der Waals surface area (Å²) in [6, 6.07) is 11.6. The Balaban J connectivity index is 2.11. The number of aliphatic hydroxyl groups is 1. The smallest absolute Gasteiger partial charge is 0.106 e. The van der Waals surface area contributed by atoms with Crippen molar-refractivity contribution in [1.82, 2.24) is 9.97 Å². The van der Waals surface area contributed by atoms with Gasteiger partial charge in [-0.15, -0.1) is 0 Å². The molecular formula is C16H14N2O. The van der Waals surface area contributed by atoms with Crippen molar-refractivity contribution < 1.29 is 5.11 Å². The van der Waals surface area contributed by atoms with E-state index >= 15 is 0 Å². The molecule has 2 aromatic heterocycles. The van der Waals surface area contributed by atoms with E-state index in [2.05, 4.69) is 9.97 Å². The number of nitrogens with zero attached hydrogens (tertiary/aromatic N) is 2. The average molecular weight is 250 g/mol. The van der Waals surface area contributed by atoms with Crippen molar-refractivity contribution in [3.05, 3.63) is 71.8 Å². The maximum Gasteiger partial charge on any atom is 0.106 e. The third-order valence-electron chi connectivity index (χ3n) is 3.26. The number of aromatic nitrogens is 2. The van der Waals surface area contributed by atoms with E-state index in [1.807, 2.05) is 43.3 Å². The van der Waals surface area contributed by atoms with Gasteiger partial charge in [0.15, 0.2) is 0 Å². The van der Waals surface area contributed by atoms with Gasteiger partial charge in [0.2, 0.25) is 0 Å². The molecule has 0 aliphatic rings. The van der Waals surface area contributed by atoms with Crippen molar-refractivity contribution in [3.63, 3.8) is 0 Å². The Kier molecular flexibility index (Phi) is 2.97. The molecule has 3 aromatic rings. The zero-order valence-electron chi connectivity index (χ0n) is 10.6. The van der Waals surface area contributed by atoms with Gasteiger partial charge in [0.05, 0.1) is 0 Å². The lowest BCUT2D eigenvalue weighted by atomic mass is 9.98. The highest BCUT2D eigenvalue weighted by atomic mass is 16.3. The third-order valence-corrected chi connectivity index (χ3v) is 3.26. The lowest BCUT2D eigenvalue weighted by Crippen LogP contribution is -2.01. The van der Waals surface area contributed by atoms with E-state index in [0.29, 0.717) is 0 Å². The van der Waals surface area contributed by atoms with Crippen molar-refractivity contribution in [1.29, 1.82) is 0 Å². The van der Waals surface area contributed by atoms with E-state index in [4.69, 9.17) is 0 Å². The second-order valence-corrected chi connectivity index (χ2v) is 4.58. The van der Waals surface area contributed by atoms with Crippen molar-refractivity contribution in [2.75, 3.05) is 0 Å². The van der Waals surface area contributed by atoms with Gasteiger partial charge < -0.3 is 5.11 Å². The predicted molar refractivity (Wildman–Crippen MR) is 74.8 cm³/mol. The van der Waals surface area contributed by atoms with Crippen LogP contribution in [0.2, 0.25) is 0 Å². The van der Waals surface area contributed by atoms with E-state index < -0.39 is 6.10 Å². The molecule has 19 heavy (non-hydrogen) atoms. The first-order valence-electron chi connectivity index (χ1n) is 6.19. The maximum atomic E-state index is 10.5. The Hall–Kier alpha value is -2.26. The zero-order valence-corrected chi connectivity index (χ0v) is 10.6. The van der Waals surface area contributed by atoms with E-state index in [0.717, 1.165) is 27.6 Å². The number of hydrogen-bond donors (Lipinski definition) is 1. The molecule has 0 radical (unpaired) electrons. The number of rotatable bonds is 2. The van der Waals surface area contributed by atoms with Gasteiger partial charge in [-0.2, -0.15) is 0 Å². The van der Waals surface area contributed by atoms with Crippen LogP contribution in [0.1, 0.15) is 22.9 Å². The standard InChI is InChI=1S/C16H14N2O/c1-11-5-6-13(9-18-11)16(19)14-4-2-3-12-7-8-17-10-15(12)14/h2-10,16,19H,1H3. The van der Waals surface area contributed by atoms with Gasteiger partial charge in [0.25, 0.3) is 0 Å². The summed E-state index contributed by atoms with van der Waals surface area (Å²) in [5.41, 5.74) is 2.59. The van der Waals surface area contributed by atoms with Crippen LogP contribution in [-0.2, 0) is 0 Å². The summed E-state index contributed by atoms with van der Waals surface area (Å²) in [6.07, 6.45) is 4.58. The summed E-state index contributed by atoms with van der Waals surface area (Å²) in [4.78, 5) is 8.37. The van der Waals surface area contributed by atoms with Gasteiger partial charge in [0, 0.05) is 35.2 Å². The van der Waals surface area contributed by atoms with Crippen molar-refractivity contribution in [3.8, 4) is 0 Å². The van der Waals surface area contributed by atoms with Crippen LogP contribution >= 0.6 is 0 Å². The Morgan fingerprint density at radius 1 is 1.05 bits per heavy atom. The zero-order chi connectivity index (χ0) is 13.2. The van der Waals surface area contributed by atoms with Crippen LogP contribution < -0.4 is 0 Å². The van der Waals surface area contributed by atoms with Crippen LogP contribution in [0.15, 0.2) is 55.0 Å². The summed E-state index contributed by atoms with van der Waals surface area (Å²) in [6.45, 7) is 1.93. The number of pyridine rings is 2. The third kappa shape index (κ3) is 2.20. The first-order chi connectivity index (χ1) is 9.25. The molecule has 3 heteroatoms. The molecular weight excluding hydrogens is 236 g/mol. The molecule has 1 aromatic carbocycles. The van der Waals surface area contributed by atoms with Crippen LogP contribution in [0.3, 0.4) is 0 Å². The summed E-state index contributed by atoms with van der Waals surface area (Å²) in [7, 11) is 0. The summed E-state index contributed by atoms with van der Waals surface area (Å²) < 4.78 is 0. The van der Waals surface area contributed by atoms with Gasteiger partial charge in [-0.3, -0.25) is 9.97 Å². The quantitative estimate of drug-likeness (QED) is 0.760. The first-order valence-corrected chi connectivity index (χ1v) is 6.19. The molecule has 1 atom stereocenters. The molecule has 0 spiro atoms. The summed E-state index contributed by atoms with van der Waals surface area (Å²) in [5.74, 6) is 0. The minimum atomic E-state index is -0.680. The number of benzene rings is 1. The topological polar surface area (TPSA) is 46.0 Å². The minimum Gasteiger partial charge on any atom is -0.384 e. The lowest BCUT2D eigenvalue weighted by Gasteiger charge is -2.13. The molecule has 0 aliphatic carbocycles. The van der Waals surface area contributed by atoms with Gasteiger partial charge in [0.1, 0.15) is 6.10 Å². The van der Waals surface area contributed by atoms with E-state index in [9.17, 15) is 5.11 Å². The second kappa shape index (κ2) is 4.78. The fourth-order valence-corrected chi connectivity index (χ4v) is 2.20. The SMILES string of the molecule is Cc1ccc(C(O)c2cccc3ccncc23)cn1. The summed E-state index contributed by atoms with van der Waals surface area (Å²) >= 11 is 0. The molecule has 0 aliphatic heterocycles.